The molecule has 3 amide bonds. The molecule has 2 aromatic carbocycles. The maximum Gasteiger partial charge on any atom is 0.265 e. The standard InChI is InChI=1S/C22H21N3O5/c1-2-14-7-8-16-15(12-29-19(16)9-14)10-20(26)23-24-21(27)11-25-17-5-3-4-6-18(17)30-13-22(25)28/h3-9,12H,2,10-11,13H2,1H3,(H,23,26)(H,24,27). The molecule has 0 saturated carbocycles. The van der Waals surface area contributed by atoms with Crippen LogP contribution < -0.4 is 20.5 Å². The Labute approximate surface area is 172 Å². The van der Waals surface area contributed by atoms with E-state index in [-0.39, 0.29) is 31.4 Å². The van der Waals surface area contributed by atoms with Crippen LogP contribution in [0.15, 0.2) is 53.1 Å². The van der Waals surface area contributed by atoms with E-state index in [4.69, 9.17) is 9.15 Å². The van der Waals surface area contributed by atoms with Gasteiger partial charge in [-0.1, -0.05) is 31.2 Å². The average molecular weight is 407 g/mol. The van der Waals surface area contributed by atoms with E-state index in [2.05, 4.69) is 17.8 Å². The summed E-state index contributed by atoms with van der Waals surface area (Å²) in [4.78, 5) is 38.0. The molecule has 0 saturated heterocycles. The average Bonchev–Trinajstić information content (AvgIpc) is 3.16. The molecule has 0 fully saturated rings. The maximum absolute atomic E-state index is 12.3. The van der Waals surface area contributed by atoms with Crippen molar-refractivity contribution < 1.29 is 23.5 Å². The van der Waals surface area contributed by atoms with Crippen LogP contribution in [0.2, 0.25) is 0 Å². The van der Waals surface area contributed by atoms with Crippen LogP contribution in [0.1, 0.15) is 18.1 Å². The van der Waals surface area contributed by atoms with Crippen LogP contribution in [-0.2, 0) is 27.2 Å². The summed E-state index contributed by atoms with van der Waals surface area (Å²) in [5, 5.41) is 0.865. The fraction of sp³-hybridized carbons (Fsp3) is 0.227. The van der Waals surface area contributed by atoms with E-state index in [9.17, 15) is 14.4 Å². The lowest BCUT2D eigenvalue weighted by atomic mass is 10.1. The second-order valence-corrected chi connectivity index (χ2v) is 6.95. The van der Waals surface area contributed by atoms with Gasteiger partial charge >= 0.3 is 0 Å². The van der Waals surface area contributed by atoms with E-state index in [1.165, 1.54) is 4.90 Å². The number of hydrogen-bond acceptors (Lipinski definition) is 5. The van der Waals surface area contributed by atoms with Crippen molar-refractivity contribution in [1.82, 2.24) is 10.9 Å². The normalized spacial score (nSPS) is 13.0. The van der Waals surface area contributed by atoms with Crippen molar-refractivity contribution in [2.45, 2.75) is 19.8 Å². The van der Waals surface area contributed by atoms with Gasteiger partial charge in [0, 0.05) is 10.9 Å². The summed E-state index contributed by atoms with van der Waals surface area (Å²) >= 11 is 0. The Morgan fingerprint density at radius 2 is 1.90 bits per heavy atom. The summed E-state index contributed by atoms with van der Waals surface area (Å²) in [7, 11) is 0. The Morgan fingerprint density at radius 1 is 1.10 bits per heavy atom. The number of hydrazine groups is 1. The quantitative estimate of drug-likeness (QED) is 0.631. The zero-order valence-electron chi connectivity index (χ0n) is 16.4. The molecule has 8 nitrogen and oxygen atoms in total. The van der Waals surface area contributed by atoms with Gasteiger partial charge in [0.2, 0.25) is 5.91 Å². The molecule has 4 rings (SSSR count). The van der Waals surface area contributed by atoms with Gasteiger partial charge in [0.05, 0.1) is 18.4 Å². The SMILES string of the molecule is CCc1ccc2c(CC(=O)NNC(=O)CN3C(=O)COc4ccccc43)coc2c1. The summed E-state index contributed by atoms with van der Waals surface area (Å²) in [5.41, 5.74) is 7.88. The number of ether oxygens (including phenoxy) is 1. The zero-order chi connectivity index (χ0) is 21.1. The summed E-state index contributed by atoms with van der Waals surface area (Å²) in [6, 6.07) is 12.9. The Morgan fingerprint density at radius 3 is 2.73 bits per heavy atom. The van der Waals surface area contributed by atoms with Crippen LogP contribution in [0.25, 0.3) is 11.0 Å². The van der Waals surface area contributed by atoms with Crippen molar-refractivity contribution >= 4 is 34.4 Å². The highest BCUT2D eigenvalue weighted by atomic mass is 16.5. The Kier molecular flexibility index (Phi) is 5.38. The largest absolute Gasteiger partial charge is 0.482 e. The number of carbonyl (C=O) groups excluding carboxylic acids is 3. The highest BCUT2D eigenvalue weighted by Crippen LogP contribution is 2.31. The van der Waals surface area contributed by atoms with Gasteiger partial charge in [0.1, 0.15) is 17.9 Å². The molecule has 2 N–H and O–H groups in total. The first-order valence-electron chi connectivity index (χ1n) is 9.64. The number of para-hydroxylation sites is 2. The van der Waals surface area contributed by atoms with E-state index < -0.39 is 5.91 Å². The van der Waals surface area contributed by atoms with Crippen molar-refractivity contribution in [3.63, 3.8) is 0 Å². The summed E-state index contributed by atoms with van der Waals surface area (Å²) in [6.45, 7) is 1.70. The number of fused-ring (bicyclic) bond motifs is 2. The van der Waals surface area contributed by atoms with E-state index in [1.54, 1.807) is 30.5 Å². The number of furan rings is 1. The fourth-order valence-electron chi connectivity index (χ4n) is 3.35. The van der Waals surface area contributed by atoms with Crippen LogP contribution in [0, 0.1) is 0 Å². The second-order valence-electron chi connectivity index (χ2n) is 6.95. The minimum atomic E-state index is -0.516. The van der Waals surface area contributed by atoms with Crippen LogP contribution in [0.3, 0.4) is 0 Å². The Balaban J connectivity index is 1.34. The first kappa shape index (κ1) is 19.5. The predicted octanol–water partition coefficient (Wildman–Crippen LogP) is 2.11. The molecule has 154 valence electrons. The lowest BCUT2D eigenvalue weighted by molar-refractivity contribution is -0.129. The fourth-order valence-corrected chi connectivity index (χ4v) is 3.35. The third-order valence-corrected chi connectivity index (χ3v) is 4.93. The lowest BCUT2D eigenvalue weighted by Crippen LogP contribution is -2.50. The molecule has 0 bridgehead atoms. The van der Waals surface area contributed by atoms with Gasteiger partial charge in [0.15, 0.2) is 6.61 Å². The Hall–Kier alpha value is -3.81. The molecule has 1 aliphatic rings. The number of benzene rings is 2. The van der Waals surface area contributed by atoms with Crippen molar-refractivity contribution in [2.24, 2.45) is 0 Å². The molecule has 1 aromatic heterocycles. The van der Waals surface area contributed by atoms with Crippen molar-refractivity contribution in [1.29, 1.82) is 0 Å². The minimum absolute atomic E-state index is 0.0536. The van der Waals surface area contributed by atoms with E-state index in [0.29, 0.717) is 11.4 Å². The Bertz CT molecular complexity index is 1120. The van der Waals surface area contributed by atoms with Gasteiger partial charge in [-0.25, -0.2) is 0 Å². The number of nitrogens with zero attached hydrogens (tertiary/aromatic N) is 1. The summed E-state index contributed by atoms with van der Waals surface area (Å²) in [6.07, 6.45) is 2.50. The molecule has 0 radical (unpaired) electrons. The zero-order valence-corrected chi connectivity index (χ0v) is 16.4. The predicted molar refractivity (Wildman–Crippen MR) is 110 cm³/mol. The number of anilines is 1. The first-order valence-corrected chi connectivity index (χ1v) is 9.64. The number of nitrogens with one attached hydrogen (secondary N) is 2. The van der Waals surface area contributed by atoms with E-state index in [1.807, 2.05) is 18.2 Å². The smallest absolute Gasteiger partial charge is 0.265 e. The molecule has 2 heterocycles. The van der Waals surface area contributed by atoms with Crippen LogP contribution in [-0.4, -0.2) is 30.9 Å². The molecule has 0 aliphatic carbocycles. The van der Waals surface area contributed by atoms with Crippen LogP contribution in [0.5, 0.6) is 5.75 Å². The topological polar surface area (TPSA) is 101 Å². The van der Waals surface area contributed by atoms with Gasteiger partial charge < -0.3 is 9.15 Å². The molecule has 8 heteroatoms. The third-order valence-electron chi connectivity index (χ3n) is 4.93. The van der Waals surface area contributed by atoms with Gasteiger partial charge in [-0.05, 0) is 30.2 Å². The van der Waals surface area contributed by atoms with E-state index >= 15 is 0 Å². The first-order chi connectivity index (χ1) is 14.5. The van der Waals surface area contributed by atoms with Crippen molar-refractivity contribution in [3.05, 3.63) is 59.9 Å². The number of hydrogen-bond donors (Lipinski definition) is 2. The molecule has 1 aliphatic heterocycles. The van der Waals surface area contributed by atoms with Crippen molar-refractivity contribution in [2.75, 3.05) is 18.1 Å². The summed E-state index contributed by atoms with van der Waals surface area (Å²) < 4.78 is 10.9. The molecule has 0 unspecified atom stereocenters. The molecule has 30 heavy (non-hydrogen) atoms. The second kappa shape index (κ2) is 8.28. The molecule has 3 aromatic rings. The third kappa shape index (κ3) is 3.98. The van der Waals surface area contributed by atoms with Crippen LogP contribution >= 0.6 is 0 Å². The highest BCUT2D eigenvalue weighted by molar-refractivity contribution is 6.02. The molecular formula is C22H21N3O5. The van der Waals surface area contributed by atoms with Crippen molar-refractivity contribution in [3.8, 4) is 5.75 Å². The monoisotopic (exact) mass is 407 g/mol. The lowest BCUT2D eigenvalue weighted by Gasteiger charge is -2.28. The molecule has 0 atom stereocenters. The number of carbonyl (C=O) groups is 3. The molecular weight excluding hydrogens is 386 g/mol. The van der Waals surface area contributed by atoms with Gasteiger partial charge in [0.25, 0.3) is 11.8 Å². The number of aryl methyl sites for hydroxylation is 1. The number of rotatable bonds is 5. The van der Waals surface area contributed by atoms with Gasteiger partial charge in [-0.15, -0.1) is 0 Å². The summed E-state index contributed by atoms with van der Waals surface area (Å²) in [5.74, 6) is -0.698. The van der Waals surface area contributed by atoms with Gasteiger partial charge in [-0.3, -0.25) is 30.1 Å². The number of amides is 3. The van der Waals surface area contributed by atoms with Gasteiger partial charge in [-0.2, -0.15) is 0 Å². The van der Waals surface area contributed by atoms with E-state index in [0.717, 1.165) is 28.5 Å². The highest BCUT2D eigenvalue weighted by Gasteiger charge is 2.27. The minimum Gasteiger partial charge on any atom is -0.482 e. The maximum atomic E-state index is 12.3. The van der Waals surface area contributed by atoms with Crippen LogP contribution in [0.4, 0.5) is 5.69 Å². The molecule has 0 spiro atoms.